The van der Waals surface area contributed by atoms with Gasteiger partial charge in [-0.2, -0.15) is 10.5 Å². The van der Waals surface area contributed by atoms with E-state index in [-0.39, 0.29) is 13.2 Å². The number of amides is 2. The summed E-state index contributed by atoms with van der Waals surface area (Å²) in [6.07, 6.45) is -1.20. The highest BCUT2D eigenvalue weighted by molar-refractivity contribution is 5.82. The Labute approximate surface area is 180 Å². The fourth-order valence-corrected chi connectivity index (χ4v) is 3.36. The molecule has 0 unspecified atom stereocenters. The summed E-state index contributed by atoms with van der Waals surface area (Å²) in [6.45, 7) is 0.543. The Morgan fingerprint density at radius 1 is 1.13 bits per heavy atom. The van der Waals surface area contributed by atoms with Crippen LogP contribution in [0.2, 0.25) is 0 Å². The fourth-order valence-electron chi connectivity index (χ4n) is 3.36. The number of ether oxygens (including phenoxy) is 1. The Morgan fingerprint density at radius 2 is 1.77 bits per heavy atom. The van der Waals surface area contributed by atoms with Gasteiger partial charge in [0.2, 0.25) is 0 Å². The lowest BCUT2D eigenvalue weighted by molar-refractivity contribution is -0.133. The van der Waals surface area contributed by atoms with Crippen molar-refractivity contribution in [1.29, 1.82) is 10.5 Å². The Balaban J connectivity index is 1.61. The number of hydrogen-bond acceptors (Lipinski definition) is 5. The van der Waals surface area contributed by atoms with Crippen LogP contribution >= 0.6 is 0 Å². The van der Waals surface area contributed by atoms with Crippen molar-refractivity contribution in [2.75, 3.05) is 19.7 Å². The minimum Gasteiger partial charge on any atom is -0.465 e. The van der Waals surface area contributed by atoms with Gasteiger partial charge in [-0.25, -0.2) is 4.79 Å². The van der Waals surface area contributed by atoms with E-state index in [2.05, 4.69) is 17.5 Å². The van der Waals surface area contributed by atoms with Gasteiger partial charge >= 0.3 is 6.09 Å². The Bertz CT molecular complexity index is 1010. The smallest absolute Gasteiger partial charge is 0.407 e. The molecule has 8 nitrogen and oxygen atoms in total. The van der Waals surface area contributed by atoms with Gasteiger partial charge in [0, 0.05) is 19.6 Å². The van der Waals surface area contributed by atoms with E-state index in [1.807, 2.05) is 36.4 Å². The number of carbonyl (C=O) groups excluding carboxylic acids is 1. The summed E-state index contributed by atoms with van der Waals surface area (Å²) in [5.74, 6) is -0.492. The minimum absolute atomic E-state index is 0.0569. The molecule has 0 bridgehead atoms. The van der Waals surface area contributed by atoms with Crippen LogP contribution in [0, 0.1) is 22.7 Å². The van der Waals surface area contributed by atoms with Gasteiger partial charge in [0.25, 0.3) is 5.91 Å². The van der Waals surface area contributed by atoms with Gasteiger partial charge in [-0.1, -0.05) is 36.4 Å². The zero-order chi connectivity index (χ0) is 22.2. The molecule has 1 heterocycles. The molecule has 1 aliphatic heterocycles. The van der Waals surface area contributed by atoms with E-state index in [1.54, 1.807) is 12.1 Å². The van der Waals surface area contributed by atoms with Crippen molar-refractivity contribution in [2.24, 2.45) is 0 Å². The normalized spacial score (nSPS) is 17.0. The maximum atomic E-state index is 12.5. The standard InChI is InChI=1S/C23H22N4O4/c24-13-17-4-8-19(9-5-17)18-6-2-16(3-7-18)12-20(14-25)26-22(28)21-15-27(23(29)30)10-1-11-31-21/h2-9,20-21H,1,10-12,15H2,(H,26,28)(H,29,30)/t20-,21-/m0/s1. The van der Waals surface area contributed by atoms with Crippen molar-refractivity contribution in [3.05, 3.63) is 59.7 Å². The Kier molecular flexibility index (Phi) is 7.21. The second kappa shape index (κ2) is 10.2. The first-order valence-electron chi connectivity index (χ1n) is 9.89. The second-order valence-corrected chi connectivity index (χ2v) is 7.22. The molecule has 0 aromatic heterocycles. The van der Waals surface area contributed by atoms with Gasteiger partial charge in [-0.3, -0.25) is 4.79 Å². The maximum Gasteiger partial charge on any atom is 0.407 e. The molecular formula is C23H22N4O4. The van der Waals surface area contributed by atoms with Crippen LogP contribution in [-0.4, -0.2) is 53.8 Å². The summed E-state index contributed by atoms with van der Waals surface area (Å²) in [5, 5.41) is 30.2. The number of nitriles is 2. The quantitative estimate of drug-likeness (QED) is 0.768. The number of rotatable bonds is 5. The number of hydrogen-bond donors (Lipinski definition) is 2. The van der Waals surface area contributed by atoms with Gasteiger partial charge in [-0.15, -0.1) is 0 Å². The predicted octanol–water partition coefficient (Wildman–Crippen LogP) is 2.55. The van der Waals surface area contributed by atoms with Crippen molar-refractivity contribution in [3.8, 4) is 23.3 Å². The molecule has 0 spiro atoms. The molecule has 8 heteroatoms. The topological polar surface area (TPSA) is 126 Å². The van der Waals surface area contributed by atoms with Crippen molar-refractivity contribution in [2.45, 2.75) is 25.0 Å². The molecule has 0 radical (unpaired) electrons. The Morgan fingerprint density at radius 3 is 2.35 bits per heavy atom. The first-order chi connectivity index (χ1) is 15.0. The maximum absolute atomic E-state index is 12.5. The van der Waals surface area contributed by atoms with E-state index >= 15 is 0 Å². The highest BCUT2D eigenvalue weighted by atomic mass is 16.5. The molecule has 1 saturated heterocycles. The molecule has 2 atom stereocenters. The molecule has 2 aromatic rings. The third kappa shape index (κ3) is 5.81. The molecule has 2 amide bonds. The lowest BCUT2D eigenvalue weighted by Crippen LogP contribution is -2.47. The highest BCUT2D eigenvalue weighted by Crippen LogP contribution is 2.21. The molecule has 1 aliphatic rings. The third-order valence-corrected chi connectivity index (χ3v) is 5.05. The molecule has 2 aromatic carbocycles. The van der Waals surface area contributed by atoms with Crippen LogP contribution in [0.15, 0.2) is 48.5 Å². The second-order valence-electron chi connectivity index (χ2n) is 7.22. The zero-order valence-electron chi connectivity index (χ0n) is 16.8. The lowest BCUT2D eigenvalue weighted by atomic mass is 10.00. The molecule has 31 heavy (non-hydrogen) atoms. The summed E-state index contributed by atoms with van der Waals surface area (Å²) >= 11 is 0. The van der Waals surface area contributed by atoms with Crippen LogP contribution in [-0.2, 0) is 16.0 Å². The summed E-state index contributed by atoms with van der Waals surface area (Å²) in [5.41, 5.74) is 3.42. The van der Waals surface area contributed by atoms with E-state index in [0.29, 0.717) is 24.9 Å². The largest absolute Gasteiger partial charge is 0.465 e. The van der Waals surface area contributed by atoms with Crippen molar-refractivity contribution >= 4 is 12.0 Å². The van der Waals surface area contributed by atoms with Crippen LogP contribution in [0.1, 0.15) is 17.5 Å². The minimum atomic E-state index is -1.09. The van der Waals surface area contributed by atoms with Gasteiger partial charge in [0.05, 0.1) is 24.2 Å². The van der Waals surface area contributed by atoms with Crippen LogP contribution in [0.4, 0.5) is 4.79 Å². The summed E-state index contributed by atoms with van der Waals surface area (Å²) in [6, 6.07) is 18.3. The molecule has 0 aliphatic carbocycles. The number of nitrogens with one attached hydrogen (secondary N) is 1. The van der Waals surface area contributed by atoms with Crippen LogP contribution in [0.25, 0.3) is 11.1 Å². The summed E-state index contributed by atoms with van der Waals surface area (Å²) in [7, 11) is 0. The fraction of sp³-hybridized carbons (Fsp3) is 0.304. The number of carboxylic acid groups (broad SMARTS) is 1. The van der Waals surface area contributed by atoms with Crippen molar-refractivity contribution in [1.82, 2.24) is 10.2 Å². The first kappa shape index (κ1) is 21.8. The Hall–Kier alpha value is -3.88. The zero-order valence-corrected chi connectivity index (χ0v) is 16.8. The monoisotopic (exact) mass is 418 g/mol. The lowest BCUT2D eigenvalue weighted by Gasteiger charge is -2.22. The number of nitrogens with zero attached hydrogens (tertiary/aromatic N) is 3. The van der Waals surface area contributed by atoms with E-state index in [4.69, 9.17) is 10.00 Å². The summed E-state index contributed by atoms with van der Waals surface area (Å²) < 4.78 is 5.48. The van der Waals surface area contributed by atoms with Crippen molar-refractivity contribution in [3.63, 3.8) is 0 Å². The average molecular weight is 418 g/mol. The molecule has 0 saturated carbocycles. The van der Waals surface area contributed by atoms with Crippen LogP contribution in [0.5, 0.6) is 0 Å². The molecule has 158 valence electrons. The third-order valence-electron chi connectivity index (χ3n) is 5.05. The van der Waals surface area contributed by atoms with Gasteiger partial charge in [0.1, 0.15) is 6.04 Å². The number of benzene rings is 2. The molecule has 2 N–H and O–H groups in total. The molecule has 3 rings (SSSR count). The van der Waals surface area contributed by atoms with Gasteiger partial charge in [-0.05, 0) is 35.2 Å². The van der Waals surface area contributed by atoms with Crippen LogP contribution < -0.4 is 5.32 Å². The van der Waals surface area contributed by atoms with E-state index < -0.39 is 24.1 Å². The van der Waals surface area contributed by atoms with Crippen LogP contribution in [0.3, 0.4) is 0 Å². The average Bonchev–Trinajstić information content (AvgIpc) is 3.06. The molecule has 1 fully saturated rings. The van der Waals surface area contributed by atoms with Gasteiger partial charge < -0.3 is 20.1 Å². The van der Waals surface area contributed by atoms with Gasteiger partial charge in [0.15, 0.2) is 6.10 Å². The molecular weight excluding hydrogens is 396 g/mol. The predicted molar refractivity (Wildman–Crippen MR) is 112 cm³/mol. The highest BCUT2D eigenvalue weighted by Gasteiger charge is 2.28. The first-order valence-corrected chi connectivity index (χ1v) is 9.89. The van der Waals surface area contributed by atoms with E-state index in [1.165, 1.54) is 0 Å². The van der Waals surface area contributed by atoms with Crippen molar-refractivity contribution < 1.29 is 19.4 Å². The van der Waals surface area contributed by atoms with E-state index in [9.17, 15) is 20.0 Å². The SMILES string of the molecule is N#Cc1ccc(-c2ccc(C[C@@H](C#N)NC(=O)[C@@H]3CN(C(=O)O)CCCO3)cc2)cc1. The van der Waals surface area contributed by atoms with E-state index in [0.717, 1.165) is 21.6 Å². The summed E-state index contributed by atoms with van der Waals surface area (Å²) in [4.78, 5) is 24.9. The number of carbonyl (C=O) groups is 2.